The number of carboxylic acid groups (broad SMARTS) is 1. The van der Waals surface area contributed by atoms with Crippen LogP contribution in [0.25, 0.3) is 0 Å². The SMILES string of the molecule is C[C@@H]1CCCC[C@H]1ON=C(C(=O)N[C@H]1C(=O)N2[C@@H]1SC(C)(C)[C@@H]2C(=O)O)c1csc(N)n1. The van der Waals surface area contributed by atoms with E-state index >= 15 is 0 Å². The lowest BCUT2D eigenvalue weighted by atomic mass is 9.88. The van der Waals surface area contributed by atoms with Crippen molar-refractivity contribution in [3.8, 4) is 0 Å². The number of carbonyl (C=O) groups excluding carboxylic acids is 2. The third-order valence-corrected chi connectivity index (χ3v) is 8.50. The summed E-state index contributed by atoms with van der Waals surface area (Å²) < 4.78 is -0.674. The maximum Gasteiger partial charge on any atom is 0.327 e. The Morgan fingerprint density at radius 3 is 2.72 bits per heavy atom. The maximum absolute atomic E-state index is 13.1. The minimum atomic E-state index is -1.06. The highest BCUT2D eigenvalue weighted by Crippen LogP contribution is 2.50. The number of nitrogens with one attached hydrogen (secondary N) is 1. The summed E-state index contributed by atoms with van der Waals surface area (Å²) in [5, 5.41) is 17.9. The molecule has 1 aromatic rings. The van der Waals surface area contributed by atoms with Crippen LogP contribution in [0.1, 0.15) is 52.1 Å². The van der Waals surface area contributed by atoms with E-state index in [2.05, 4.69) is 22.4 Å². The van der Waals surface area contributed by atoms with Gasteiger partial charge in [-0.1, -0.05) is 18.5 Å². The zero-order chi connectivity index (χ0) is 23.2. The van der Waals surface area contributed by atoms with Crippen molar-refractivity contribution in [1.82, 2.24) is 15.2 Å². The Balaban J connectivity index is 1.52. The predicted octanol–water partition coefficient (Wildman–Crippen LogP) is 1.66. The first kappa shape index (κ1) is 22.8. The van der Waals surface area contributed by atoms with Gasteiger partial charge in [0.05, 0.1) is 0 Å². The second kappa shape index (κ2) is 8.54. The molecule has 2 saturated heterocycles. The number of nitrogens with zero attached hydrogens (tertiary/aromatic N) is 3. The van der Waals surface area contributed by atoms with Gasteiger partial charge in [0.25, 0.3) is 5.91 Å². The van der Waals surface area contributed by atoms with Crippen LogP contribution >= 0.6 is 23.1 Å². The number of hydrogen-bond acceptors (Lipinski definition) is 9. The summed E-state index contributed by atoms with van der Waals surface area (Å²) in [6, 6.07) is -1.79. The number of fused-ring (bicyclic) bond motifs is 1. The van der Waals surface area contributed by atoms with Crippen molar-refractivity contribution in [2.24, 2.45) is 11.1 Å². The number of nitrogens with two attached hydrogens (primary N) is 1. The molecule has 10 nitrogen and oxygen atoms in total. The van der Waals surface area contributed by atoms with E-state index in [1.165, 1.54) is 28.0 Å². The highest BCUT2D eigenvalue weighted by molar-refractivity contribution is 8.01. The number of thiazole rings is 1. The summed E-state index contributed by atoms with van der Waals surface area (Å²) in [5.74, 6) is -1.76. The molecule has 2 amide bonds. The molecule has 12 heteroatoms. The normalized spacial score (nSPS) is 31.6. The summed E-state index contributed by atoms with van der Waals surface area (Å²) >= 11 is 2.54. The van der Waals surface area contributed by atoms with Crippen molar-refractivity contribution in [2.75, 3.05) is 5.73 Å². The van der Waals surface area contributed by atoms with Gasteiger partial charge >= 0.3 is 5.97 Å². The van der Waals surface area contributed by atoms with Gasteiger partial charge in [-0.15, -0.1) is 23.1 Å². The fourth-order valence-corrected chi connectivity index (χ4v) is 6.69. The van der Waals surface area contributed by atoms with Gasteiger partial charge in [-0.25, -0.2) is 9.78 Å². The van der Waals surface area contributed by atoms with Gasteiger partial charge in [0.1, 0.15) is 29.3 Å². The van der Waals surface area contributed by atoms with Crippen LogP contribution in [-0.4, -0.2) is 66.8 Å². The summed E-state index contributed by atoms with van der Waals surface area (Å²) in [7, 11) is 0. The maximum atomic E-state index is 13.1. The number of carboxylic acids is 1. The van der Waals surface area contributed by atoms with Gasteiger partial charge in [-0.05, 0) is 39.0 Å². The summed E-state index contributed by atoms with van der Waals surface area (Å²) in [6.07, 6.45) is 4.00. The van der Waals surface area contributed by atoms with Crippen molar-refractivity contribution >= 4 is 51.7 Å². The van der Waals surface area contributed by atoms with E-state index in [9.17, 15) is 19.5 Å². The number of amides is 2. The number of nitrogen functional groups attached to an aromatic ring is 1. The summed E-state index contributed by atoms with van der Waals surface area (Å²) in [6.45, 7) is 5.66. The molecule has 3 aliphatic rings. The van der Waals surface area contributed by atoms with Gasteiger partial charge in [-0.2, -0.15) is 0 Å². The van der Waals surface area contributed by atoms with Crippen LogP contribution in [0, 0.1) is 5.92 Å². The molecular weight excluding hydrogens is 454 g/mol. The average molecular weight is 482 g/mol. The summed E-state index contributed by atoms with van der Waals surface area (Å²) in [5.41, 5.74) is 5.98. The molecule has 0 aromatic carbocycles. The summed E-state index contributed by atoms with van der Waals surface area (Å²) in [4.78, 5) is 48.8. The highest BCUT2D eigenvalue weighted by Gasteiger charge is 2.64. The van der Waals surface area contributed by atoms with E-state index in [0.29, 0.717) is 5.92 Å². The molecule has 3 heterocycles. The second-order valence-electron chi connectivity index (χ2n) is 8.97. The molecule has 2 aliphatic heterocycles. The monoisotopic (exact) mass is 481 g/mol. The van der Waals surface area contributed by atoms with Crippen molar-refractivity contribution < 1.29 is 24.3 Å². The molecular formula is C20H27N5O5S2. The van der Waals surface area contributed by atoms with Crippen molar-refractivity contribution in [3.63, 3.8) is 0 Å². The molecule has 174 valence electrons. The molecule has 0 radical (unpaired) electrons. The largest absolute Gasteiger partial charge is 0.480 e. The van der Waals surface area contributed by atoms with Crippen LogP contribution in [0.15, 0.2) is 10.5 Å². The lowest BCUT2D eigenvalue weighted by Crippen LogP contribution is -2.71. The van der Waals surface area contributed by atoms with Crippen molar-refractivity contribution in [1.29, 1.82) is 0 Å². The van der Waals surface area contributed by atoms with Gasteiger partial charge in [-0.3, -0.25) is 9.59 Å². The standard InChI is InChI=1S/C20H27N5O5S2/c1-9-6-4-5-7-11(9)30-24-12(10-8-31-19(21)22-10)15(26)23-13-16(27)25-14(18(28)29)20(2,3)32-17(13)25/h8-9,11,13-14,17H,4-7H2,1-3H3,(H2,21,22)(H,23,26)(H,28,29)/t9-,11-,13+,14+,17-/m1/s1. The zero-order valence-electron chi connectivity index (χ0n) is 18.1. The number of β-lactam (4-membered cyclic amide) rings is 1. The lowest BCUT2D eigenvalue weighted by Gasteiger charge is -2.43. The first-order valence-corrected chi connectivity index (χ1v) is 12.3. The molecule has 0 unspecified atom stereocenters. The Morgan fingerprint density at radius 1 is 1.38 bits per heavy atom. The van der Waals surface area contributed by atoms with E-state index in [1.807, 2.05) is 0 Å². The highest BCUT2D eigenvalue weighted by atomic mass is 32.2. The fourth-order valence-electron chi connectivity index (χ4n) is 4.52. The molecule has 1 saturated carbocycles. The number of aromatic nitrogens is 1. The molecule has 4 N–H and O–H groups in total. The van der Waals surface area contributed by atoms with Crippen LogP contribution in [0.2, 0.25) is 0 Å². The number of oxime groups is 1. The Labute approximate surface area is 193 Å². The molecule has 1 aromatic heterocycles. The van der Waals surface area contributed by atoms with Crippen molar-refractivity contribution in [2.45, 2.75) is 74.8 Å². The van der Waals surface area contributed by atoms with Crippen LogP contribution in [0.3, 0.4) is 0 Å². The number of aliphatic carboxylic acids is 1. The quantitative estimate of drug-likeness (QED) is 0.316. The Kier molecular flexibility index (Phi) is 6.10. The molecule has 32 heavy (non-hydrogen) atoms. The van der Waals surface area contributed by atoms with Crippen molar-refractivity contribution in [3.05, 3.63) is 11.1 Å². The van der Waals surface area contributed by atoms with Crippen LogP contribution in [-0.2, 0) is 19.2 Å². The molecule has 3 fully saturated rings. The molecule has 1 aliphatic carbocycles. The van der Waals surface area contributed by atoms with Crippen LogP contribution < -0.4 is 11.1 Å². The van der Waals surface area contributed by atoms with E-state index in [1.54, 1.807) is 19.2 Å². The minimum Gasteiger partial charge on any atom is -0.480 e. The molecule has 5 atom stereocenters. The number of rotatable bonds is 6. The van der Waals surface area contributed by atoms with Crippen LogP contribution in [0.5, 0.6) is 0 Å². The van der Waals surface area contributed by atoms with Gasteiger partial charge < -0.3 is 25.9 Å². The number of thioether (sulfide) groups is 1. The number of carbonyl (C=O) groups is 3. The van der Waals surface area contributed by atoms with Gasteiger partial charge in [0.2, 0.25) is 5.91 Å². The first-order valence-electron chi connectivity index (χ1n) is 10.6. The third kappa shape index (κ3) is 4.05. The predicted molar refractivity (Wildman–Crippen MR) is 121 cm³/mol. The third-order valence-electron chi connectivity index (χ3n) is 6.25. The Morgan fingerprint density at radius 2 is 2.09 bits per heavy atom. The minimum absolute atomic E-state index is 0.0426. The Hall–Kier alpha value is -2.34. The zero-order valence-corrected chi connectivity index (χ0v) is 19.7. The van der Waals surface area contributed by atoms with Gasteiger partial charge in [0, 0.05) is 10.1 Å². The first-order chi connectivity index (χ1) is 15.1. The van der Waals surface area contributed by atoms with Gasteiger partial charge in [0.15, 0.2) is 10.8 Å². The van der Waals surface area contributed by atoms with E-state index in [4.69, 9.17) is 10.6 Å². The lowest BCUT2D eigenvalue weighted by molar-refractivity contribution is -0.160. The number of hydrogen-bond donors (Lipinski definition) is 3. The average Bonchev–Trinajstić information content (AvgIpc) is 3.26. The Bertz CT molecular complexity index is 964. The number of anilines is 1. The smallest absolute Gasteiger partial charge is 0.327 e. The molecule has 0 bridgehead atoms. The topological polar surface area (TPSA) is 147 Å². The van der Waals surface area contributed by atoms with Crippen LogP contribution in [0.4, 0.5) is 5.13 Å². The van der Waals surface area contributed by atoms with E-state index < -0.39 is 40.0 Å². The molecule has 4 rings (SSSR count). The molecule has 0 spiro atoms. The second-order valence-corrected chi connectivity index (χ2v) is 11.6. The van der Waals surface area contributed by atoms with E-state index in [-0.39, 0.29) is 22.6 Å². The fraction of sp³-hybridized carbons (Fsp3) is 0.650. The van der Waals surface area contributed by atoms with E-state index in [0.717, 1.165) is 25.7 Å².